The van der Waals surface area contributed by atoms with Gasteiger partial charge < -0.3 is 9.84 Å². The first kappa shape index (κ1) is 9.74. The normalized spacial score (nSPS) is 18.2. The molecule has 5 heteroatoms. The van der Waals surface area contributed by atoms with Gasteiger partial charge in [-0.1, -0.05) is 6.07 Å². The van der Waals surface area contributed by atoms with Crippen molar-refractivity contribution in [1.82, 2.24) is 4.98 Å². The Labute approximate surface area is 95.5 Å². The van der Waals surface area contributed by atoms with Gasteiger partial charge in [0.25, 0.3) is 0 Å². The predicted molar refractivity (Wildman–Crippen MR) is 59.8 cm³/mol. The number of fused-ring (bicyclic) bond motifs is 1. The van der Waals surface area contributed by atoms with E-state index < -0.39 is 11.4 Å². The van der Waals surface area contributed by atoms with Crippen LogP contribution in [0.15, 0.2) is 23.7 Å². The van der Waals surface area contributed by atoms with E-state index in [1.54, 1.807) is 5.51 Å². The number of carbonyl (C=O) groups is 1. The number of benzene rings is 1. The molecule has 1 aromatic heterocycles. The second-order valence-electron chi connectivity index (χ2n) is 3.91. The summed E-state index contributed by atoms with van der Waals surface area (Å²) in [4.78, 5) is 15.5. The van der Waals surface area contributed by atoms with Crippen molar-refractivity contribution >= 4 is 27.5 Å². The first-order valence-corrected chi connectivity index (χ1v) is 5.75. The number of ether oxygens (including phenoxy) is 1. The summed E-state index contributed by atoms with van der Waals surface area (Å²) < 4.78 is 6.07. The van der Waals surface area contributed by atoms with Crippen molar-refractivity contribution in [3.63, 3.8) is 0 Å². The van der Waals surface area contributed by atoms with E-state index in [1.165, 1.54) is 11.3 Å². The minimum Gasteiger partial charge on any atom is -0.480 e. The van der Waals surface area contributed by atoms with Crippen molar-refractivity contribution in [2.24, 2.45) is 0 Å². The average molecular weight is 235 g/mol. The molecule has 0 radical (unpaired) electrons. The SMILES string of the molecule is O=C(O)C1(c2ccc3ncsc3c2)COC1. The van der Waals surface area contributed by atoms with Gasteiger partial charge in [-0.3, -0.25) is 4.79 Å². The third-order valence-electron chi connectivity index (χ3n) is 2.99. The van der Waals surface area contributed by atoms with Gasteiger partial charge in [-0.05, 0) is 17.7 Å². The number of rotatable bonds is 2. The molecule has 4 nitrogen and oxygen atoms in total. The quantitative estimate of drug-likeness (QED) is 0.859. The summed E-state index contributed by atoms with van der Waals surface area (Å²) in [6.07, 6.45) is 0. The van der Waals surface area contributed by atoms with Crippen LogP contribution in [0.3, 0.4) is 0 Å². The molecule has 0 atom stereocenters. The summed E-state index contributed by atoms with van der Waals surface area (Å²) in [6.45, 7) is 0.513. The lowest BCUT2D eigenvalue weighted by Gasteiger charge is -2.37. The molecule has 0 amide bonds. The van der Waals surface area contributed by atoms with Crippen LogP contribution in [0.1, 0.15) is 5.56 Å². The van der Waals surface area contributed by atoms with Crippen LogP contribution in [0.2, 0.25) is 0 Å². The van der Waals surface area contributed by atoms with Gasteiger partial charge in [0.15, 0.2) is 0 Å². The number of nitrogens with zero attached hydrogens (tertiary/aromatic N) is 1. The van der Waals surface area contributed by atoms with Crippen LogP contribution in [0, 0.1) is 0 Å². The van der Waals surface area contributed by atoms with Crippen molar-refractivity contribution in [2.75, 3.05) is 13.2 Å². The van der Waals surface area contributed by atoms with E-state index in [2.05, 4.69) is 4.98 Å². The summed E-state index contributed by atoms with van der Waals surface area (Å²) >= 11 is 1.52. The first-order chi connectivity index (χ1) is 7.72. The van der Waals surface area contributed by atoms with Crippen LogP contribution < -0.4 is 0 Å². The Bertz CT molecular complexity index is 559. The monoisotopic (exact) mass is 235 g/mol. The summed E-state index contributed by atoms with van der Waals surface area (Å²) in [7, 11) is 0. The van der Waals surface area contributed by atoms with Gasteiger partial charge in [-0.15, -0.1) is 11.3 Å². The highest BCUT2D eigenvalue weighted by Crippen LogP contribution is 2.34. The maximum atomic E-state index is 11.3. The molecule has 2 heterocycles. The average Bonchev–Trinajstić information content (AvgIpc) is 2.62. The Hall–Kier alpha value is -1.46. The van der Waals surface area contributed by atoms with Crippen LogP contribution in [0.4, 0.5) is 0 Å². The number of hydrogen-bond acceptors (Lipinski definition) is 4. The fourth-order valence-corrected chi connectivity index (χ4v) is 2.59. The lowest BCUT2D eigenvalue weighted by molar-refractivity contribution is -0.163. The van der Waals surface area contributed by atoms with Crippen molar-refractivity contribution in [3.05, 3.63) is 29.3 Å². The minimum atomic E-state index is -0.849. The van der Waals surface area contributed by atoms with Crippen LogP contribution >= 0.6 is 11.3 Å². The molecular formula is C11H9NO3S. The van der Waals surface area contributed by atoms with Gasteiger partial charge in [0.2, 0.25) is 0 Å². The van der Waals surface area contributed by atoms with Gasteiger partial charge in [0.1, 0.15) is 5.41 Å². The lowest BCUT2D eigenvalue weighted by atomic mass is 9.79. The Morgan fingerprint density at radius 3 is 2.94 bits per heavy atom. The molecule has 82 valence electrons. The standard InChI is InChI=1S/C11H9NO3S/c13-10(14)11(4-15-5-11)7-1-2-8-9(3-7)16-6-12-8/h1-3,6H,4-5H2,(H,13,14). The number of aliphatic carboxylic acids is 1. The molecule has 0 saturated carbocycles. The van der Waals surface area contributed by atoms with E-state index in [9.17, 15) is 9.90 Å². The number of aromatic nitrogens is 1. The Morgan fingerprint density at radius 1 is 1.50 bits per heavy atom. The summed E-state index contributed by atoms with van der Waals surface area (Å²) in [5, 5.41) is 9.27. The predicted octanol–water partition coefficient (Wildman–Crippen LogP) is 1.65. The van der Waals surface area contributed by atoms with Crippen LogP contribution in [-0.2, 0) is 14.9 Å². The molecule has 0 bridgehead atoms. The van der Waals surface area contributed by atoms with Gasteiger partial charge in [-0.2, -0.15) is 0 Å². The third kappa shape index (κ3) is 1.19. The highest BCUT2D eigenvalue weighted by Gasteiger charge is 2.47. The van der Waals surface area contributed by atoms with E-state index in [0.29, 0.717) is 0 Å². The Morgan fingerprint density at radius 2 is 2.31 bits per heavy atom. The fourth-order valence-electron chi connectivity index (χ4n) is 1.87. The zero-order valence-electron chi connectivity index (χ0n) is 8.34. The van der Waals surface area contributed by atoms with Gasteiger partial charge in [-0.25, -0.2) is 4.98 Å². The van der Waals surface area contributed by atoms with E-state index in [1.807, 2.05) is 18.2 Å². The topological polar surface area (TPSA) is 59.4 Å². The molecule has 1 fully saturated rings. The summed E-state index contributed by atoms with van der Waals surface area (Å²) in [5.41, 5.74) is 2.63. The number of hydrogen-bond donors (Lipinski definition) is 1. The Kier molecular flexibility index (Phi) is 1.99. The zero-order valence-corrected chi connectivity index (χ0v) is 9.16. The molecule has 3 rings (SSSR count). The highest BCUT2D eigenvalue weighted by atomic mass is 32.1. The maximum Gasteiger partial charge on any atom is 0.318 e. The molecule has 1 N–H and O–H groups in total. The van der Waals surface area contributed by atoms with Crippen molar-refractivity contribution in [3.8, 4) is 0 Å². The van der Waals surface area contributed by atoms with Gasteiger partial charge in [0, 0.05) is 0 Å². The Balaban J connectivity index is 2.14. The number of carboxylic acid groups (broad SMARTS) is 1. The lowest BCUT2D eigenvalue weighted by Crippen LogP contribution is -2.53. The van der Waals surface area contributed by atoms with Gasteiger partial charge in [0.05, 0.1) is 28.9 Å². The van der Waals surface area contributed by atoms with Crippen molar-refractivity contribution in [1.29, 1.82) is 0 Å². The minimum absolute atomic E-state index is 0.257. The van der Waals surface area contributed by atoms with Crippen LogP contribution in [0.25, 0.3) is 10.2 Å². The second kappa shape index (κ2) is 3.26. The molecule has 16 heavy (non-hydrogen) atoms. The van der Waals surface area contributed by atoms with Crippen LogP contribution in [-0.4, -0.2) is 29.3 Å². The second-order valence-corrected chi connectivity index (χ2v) is 4.80. The molecule has 2 aromatic rings. The van der Waals surface area contributed by atoms with Gasteiger partial charge >= 0.3 is 5.97 Å². The smallest absolute Gasteiger partial charge is 0.318 e. The molecule has 1 aliphatic heterocycles. The molecule has 0 unspecified atom stereocenters. The maximum absolute atomic E-state index is 11.3. The third-order valence-corrected chi connectivity index (χ3v) is 3.78. The van der Waals surface area contributed by atoms with Crippen molar-refractivity contribution in [2.45, 2.75) is 5.41 Å². The molecule has 0 aliphatic carbocycles. The largest absolute Gasteiger partial charge is 0.480 e. The molecule has 0 spiro atoms. The van der Waals surface area contributed by atoms with E-state index in [4.69, 9.17) is 4.74 Å². The molecule has 1 saturated heterocycles. The fraction of sp³-hybridized carbons (Fsp3) is 0.273. The summed E-state index contributed by atoms with van der Waals surface area (Å²) in [5.74, 6) is -0.817. The van der Waals surface area contributed by atoms with Crippen molar-refractivity contribution < 1.29 is 14.6 Å². The molecule has 1 aliphatic rings. The first-order valence-electron chi connectivity index (χ1n) is 4.87. The van der Waals surface area contributed by atoms with E-state index >= 15 is 0 Å². The molecule has 1 aromatic carbocycles. The van der Waals surface area contributed by atoms with E-state index in [-0.39, 0.29) is 13.2 Å². The zero-order chi connectivity index (χ0) is 11.2. The number of thiazole rings is 1. The number of carboxylic acids is 1. The highest BCUT2D eigenvalue weighted by molar-refractivity contribution is 7.16. The molecular weight excluding hydrogens is 226 g/mol. The van der Waals surface area contributed by atoms with Crippen LogP contribution in [0.5, 0.6) is 0 Å². The summed E-state index contributed by atoms with van der Waals surface area (Å²) in [6, 6.07) is 5.60. The van der Waals surface area contributed by atoms with E-state index in [0.717, 1.165) is 15.8 Å².